The van der Waals surface area contributed by atoms with Gasteiger partial charge in [-0.3, -0.25) is 4.98 Å². The van der Waals surface area contributed by atoms with Gasteiger partial charge in [-0.1, -0.05) is 28.1 Å². The standard InChI is InChI=1S/C17H14BrNO2/c1-20-15-5-2-12(3-6-15)11-21-16-9-13-8-14(18)4-7-17(13)19-10-16/h2-10H,11H2,1H3. The fraction of sp³-hybridized carbons (Fsp3) is 0.118. The smallest absolute Gasteiger partial charge is 0.138 e. The summed E-state index contributed by atoms with van der Waals surface area (Å²) in [5.74, 6) is 1.60. The monoisotopic (exact) mass is 343 g/mol. The van der Waals surface area contributed by atoms with E-state index in [0.717, 1.165) is 32.4 Å². The van der Waals surface area contributed by atoms with Crippen molar-refractivity contribution in [3.8, 4) is 11.5 Å². The van der Waals surface area contributed by atoms with E-state index in [4.69, 9.17) is 9.47 Å². The Hall–Kier alpha value is -2.07. The second-order valence-corrected chi connectivity index (χ2v) is 5.56. The molecule has 3 nitrogen and oxygen atoms in total. The van der Waals surface area contributed by atoms with E-state index in [9.17, 15) is 0 Å². The summed E-state index contributed by atoms with van der Waals surface area (Å²) in [6.45, 7) is 0.505. The zero-order valence-electron chi connectivity index (χ0n) is 11.5. The van der Waals surface area contributed by atoms with E-state index < -0.39 is 0 Å². The number of benzene rings is 2. The highest BCUT2D eigenvalue weighted by Crippen LogP contribution is 2.23. The van der Waals surface area contributed by atoms with Crippen LogP contribution in [-0.4, -0.2) is 12.1 Å². The Labute approximate surface area is 131 Å². The van der Waals surface area contributed by atoms with Crippen LogP contribution in [0.3, 0.4) is 0 Å². The van der Waals surface area contributed by atoms with Crippen molar-refractivity contribution in [3.63, 3.8) is 0 Å². The Kier molecular flexibility index (Phi) is 4.06. The molecule has 0 saturated heterocycles. The first-order valence-electron chi connectivity index (χ1n) is 6.55. The summed E-state index contributed by atoms with van der Waals surface area (Å²) in [5.41, 5.74) is 2.04. The fourth-order valence-electron chi connectivity index (χ4n) is 2.05. The Balaban J connectivity index is 1.74. The van der Waals surface area contributed by atoms with E-state index in [-0.39, 0.29) is 0 Å². The molecule has 0 N–H and O–H groups in total. The van der Waals surface area contributed by atoms with Crippen molar-refractivity contribution in [1.82, 2.24) is 4.98 Å². The average Bonchev–Trinajstić information content (AvgIpc) is 2.53. The molecule has 21 heavy (non-hydrogen) atoms. The van der Waals surface area contributed by atoms with Gasteiger partial charge in [0.05, 0.1) is 18.8 Å². The van der Waals surface area contributed by atoms with Gasteiger partial charge in [0, 0.05) is 9.86 Å². The lowest BCUT2D eigenvalue weighted by Gasteiger charge is -2.08. The van der Waals surface area contributed by atoms with Gasteiger partial charge in [0.1, 0.15) is 18.1 Å². The lowest BCUT2D eigenvalue weighted by Crippen LogP contribution is -1.96. The maximum atomic E-state index is 5.79. The lowest BCUT2D eigenvalue weighted by atomic mass is 10.2. The van der Waals surface area contributed by atoms with Crippen molar-refractivity contribution in [1.29, 1.82) is 0 Å². The maximum Gasteiger partial charge on any atom is 0.138 e. The second-order valence-electron chi connectivity index (χ2n) is 4.64. The third-order valence-electron chi connectivity index (χ3n) is 3.18. The highest BCUT2D eigenvalue weighted by molar-refractivity contribution is 9.10. The van der Waals surface area contributed by atoms with Crippen molar-refractivity contribution >= 4 is 26.8 Å². The van der Waals surface area contributed by atoms with E-state index in [0.29, 0.717) is 6.61 Å². The molecule has 3 rings (SSSR count). The van der Waals surface area contributed by atoms with Crippen LogP contribution in [-0.2, 0) is 6.61 Å². The predicted molar refractivity (Wildman–Crippen MR) is 86.8 cm³/mol. The molecule has 4 heteroatoms. The van der Waals surface area contributed by atoms with Gasteiger partial charge in [0.25, 0.3) is 0 Å². The van der Waals surface area contributed by atoms with Gasteiger partial charge in [-0.25, -0.2) is 0 Å². The van der Waals surface area contributed by atoms with Crippen LogP contribution in [0, 0.1) is 0 Å². The molecule has 0 amide bonds. The minimum absolute atomic E-state index is 0.505. The Morgan fingerprint density at radius 2 is 1.81 bits per heavy atom. The molecular formula is C17H14BrNO2. The Bertz CT molecular complexity index is 756. The average molecular weight is 344 g/mol. The van der Waals surface area contributed by atoms with Crippen LogP contribution in [0.15, 0.2) is 59.2 Å². The first-order chi connectivity index (χ1) is 10.2. The Morgan fingerprint density at radius 3 is 2.57 bits per heavy atom. The van der Waals surface area contributed by atoms with Crippen molar-refractivity contribution in [2.75, 3.05) is 7.11 Å². The summed E-state index contributed by atoms with van der Waals surface area (Å²) >= 11 is 3.47. The predicted octanol–water partition coefficient (Wildman–Crippen LogP) is 4.58. The molecule has 0 bridgehead atoms. The van der Waals surface area contributed by atoms with E-state index in [1.54, 1.807) is 13.3 Å². The molecule has 0 unspecified atom stereocenters. The number of halogens is 1. The van der Waals surface area contributed by atoms with Crippen molar-refractivity contribution in [2.45, 2.75) is 6.61 Å². The van der Waals surface area contributed by atoms with E-state index in [1.807, 2.05) is 48.5 Å². The van der Waals surface area contributed by atoms with Crippen LogP contribution in [0.5, 0.6) is 11.5 Å². The maximum absolute atomic E-state index is 5.79. The molecule has 0 spiro atoms. The fourth-order valence-corrected chi connectivity index (χ4v) is 2.43. The Morgan fingerprint density at radius 1 is 1.00 bits per heavy atom. The molecule has 1 heterocycles. The third kappa shape index (κ3) is 3.34. The van der Waals surface area contributed by atoms with Crippen LogP contribution in [0.25, 0.3) is 10.9 Å². The van der Waals surface area contributed by atoms with Crippen LogP contribution in [0.1, 0.15) is 5.56 Å². The number of aromatic nitrogens is 1. The summed E-state index contributed by atoms with van der Waals surface area (Å²) < 4.78 is 12.0. The van der Waals surface area contributed by atoms with Crippen LogP contribution in [0.2, 0.25) is 0 Å². The zero-order valence-corrected chi connectivity index (χ0v) is 13.1. The van der Waals surface area contributed by atoms with Crippen LogP contribution in [0.4, 0.5) is 0 Å². The SMILES string of the molecule is COc1ccc(COc2cnc3ccc(Br)cc3c2)cc1. The van der Waals surface area contributed by atoms with E-state index >= 15 is 0 Å². The quantitative estimate of drug-likeness (QED) is 0.694. The molecule has 0 atom stereocenters. The van der Waals surface area contributed by atoms with Gasteiger partial charge in [0.2, 0.25) is 0 Å². The van der Waals surface area contributed by atoms with Crippen LogP contribution < -0.4 is 9.47 Å². The molecule has 0 aliphatic rings. The largest absolute Gasteiger partial charge is 0.497 e. The van der Waals surface area contributed by atoms with E-state index in [1.165, 1.54) is 0 Å². The molecule has 0 aliphatic carbocycles. The third-order valence-corrected chi connectivity index (χ3v) is 3.68. The molecular weight excluding hydrogens is 330 g/mol. The summed E-state index contributed by atoms with van der Waals surface area (Å²) in [5, 5.41) is 1.05. The minimum Gasteiger partial charge on any atom is -0.497 e. The van der Waals surface area contributed by atoms with Crippen molar-refractivity contribution < 1.29 is 9.47 Å². The van der Waals surface area contributed by atoms with Gasteiger partial charge >= 0.3 is 0 Å². The summed E-state index contributed by atoms with van der Waals surface area (Å²) in [7, 11) is 1.66. The number of fused-ring (bicyclic) bond motifs is 1. The number of methoxy groups -OCH3 is 1. The number of hydrogen-bond donors (Lipinski definition) is 0. The van der Waals surface area contributed by atoms with Gasteiger partial charge in [0.15, 0.2) is 0 Å². The number of pyridine rings is 1. The molecule has 1 aromatic heterocycles. The lowest BCUT2D eigenvalue weighted by molar-refractivity contribution is 0.305. The molecule has 2 aromatic carbocycles. The minimum atomic E-state index is 0.505. The highest BCUT2D eigenvalue weighted by Gasteiger charge is 2.01. The van der Waals surface area contributed by atoms with E-state index in [2.05, 4.69) is 20.9 Å². The normalized spacial score (nSPS) is 10.6. The van der Waals surface area contributed by atoms with Crippen molar-refractivity contribution in [3.05, 3.63) is 64.8 Å². The summed E-state index contributed by atoms with van der Waals surface area (Å²) in [4.78, 5) is 4.40. The summed E-state index contributed by atoms with van der Waals surface area (Å²) in [6.07, 6.45) is 1.75. The van der Waals surface area contributed by atoms with Crippen molar-refractivity contribution in [2.24, 2.45) is 0 Å². The first-order valence-corrected chi connectivity index (χ1v) is 7.35. The van der Waals surface area contributed by atoms with Gasteiger partial charge in [-0.15, -0.1) is 0 Å². The molecule has 0 fully saturated rings. The molecule has 0 saturated carbocycles. The number of rotatable bonds is 4. The summed E-state index contributed by atoms with van der Waals surface area (Å²) in [6, 6.07) is 15.8. The zero-order chi connectivity index (χ0) is 14.7. The number of nitrogens with zero attached hydrogens (tertiary/aromatic N) is 1. The molecule has 0 aliphatic heterocycles. The molecule has 106 valence electrons. The molecule has 3 aromatic rings. The number of ether oxygens (including phenoxy) is 2. The van der Waals surface area contributed by atoms with Gasteiger partial charge in [-0.2, -0.15) is 0 Å². The van der Waals surface area contributed by atoms with Gasteiger partial charge in [-0.05, 0) is 42.0 Å². The van der Waals surface area contributed by atoms with Gasteiger partial charge < -0.3 is 9.47 Å². The second kappa shape index (κ2) is 6.14. The highest BCUT2D eigenvalue weighted by atomic mass is 79.9. The topological polar surface area (TPSA) is 31.4 Å². The first kappa shape index (κ1) is 13.9. The number of hydrogen-bond acceptors (Lipinski definition) is 3. The molecule has 0 radical (unpaired) electrons. The van der Waals surface area contributed by atoms with Crippen LogP contribution >= 0.6 is 15.9 Å².